The summed E-state index contributed by atoms with van der Waals surface area (Å²) in [5.41, 5.74) is 2.13. The molecule has 0 atom stereocenters. The molecule has 2 aromatic carbocycles. The molecule has 1 amide bonds. The van der Waals surface area contributed by atoms with Gasteiger partial charge in [0.25, 0.3) is 5.19 Å². The summed E-state index contributed by atoms with van der Waals surface area (Å²) in [5.74, 6) is 0.903. The Balaban J connectivity index is 1.20. The SMILES string of the molecule is C=CC(=O)N1CC(Oc2cc3c(Nc4ccc(Oc5nc(-c6cnoc6)cs5)cc4F)ncnc3cc2OC)C1. The standard InChI is InChI=1S/C27H21FN6O5S/c1-3-25(35)34-10-17(11-34)38-24-7-18-21(8-23(24)36-2)29-14-30-26(18)32-20-5-4-16(6-19(20)28)39-27-33-22(13-40-27)15-9-31-37-12-15/h3-9,12-14,17H,1,10-11H2,2H3,(H,29,30,32). The number of aromatic nitrogens is 4. The summed E-state index contributed by atoms with van der Waals surface area (Å²) in [7, 11) is 1.53. The number of hydrogen-bond acceptors (Lipinski definition) is 11. The molecule has 1 saturated heterocycles. The maximum atomic E-state index is 15.1. The van der Waals surface area contributed by atoms with Crippen molar-refractivity contribution in [2.24, 2.45) is 0 Å². The molecule has 5 aromatic rings. The van der Waals surface area contributed by atoms with Crippen molar-refractivity contribution in [1.82, 2.24) is 25.0 Å². The van der Waals surface area contributed by atoms with E-state index in [2.05, 4.69) is 32.0 Å². The van der Waals surface area contributed by atoms with Crippen LogP contribution in [0.1, 0.15) is 0 Å². The molecule has 0 spiro atoms. The molecule has 0 unspecified atom stereocenters. The zero-order chi connectivity index (χ0) is 27.6. The van der Waals surface area contributed by atoms with Gasteiger partial charge in [0, 0.05) is 22.9 Å². The van der Waals surface area contributed by atoms with Crippen LogP contribution in [-0.2, 0) is 4.79 Å². The van der Waals surface area contributed by atoms with Gasteiger partial charge in [-0.2, -0.15) is 0 Å². The number of amides is 1. The maximum Gasteiger partial charge on any atom is 0.279 e. The lowest BCUT2D eigenvalue weighted by molar-refractivity contribution is -0.134. The summed E-state index contributed by atoms with van der Waals surface area (Å²) >= 11 is 1.27. The monoisotopic (exact) mass is 560 g/mol. The van der Waals surface area contributed by atoms with Gasteiger partial charge in [-0.25, -0.2) is 19.3 Å². The second-order valence-electron chi connectivity index (χ2n) is 8.71. The summed E-state index contributed by atoms with van der Waals surface area (Å²) in [6, 6.07) is 7.89. The molecule has 3 aromatic heterocycles. The largest absolute Gasteiger partial charge is 0.493 e. The molecule has 0 bridgehead atoms. The zero-order valence-electron chi connectivity index (χ0n) is 21.0. The van der Waals surface area contributed by atoms with E-state index in [-0.39, 0.29) is 23.4 Å². The normalized spacial score (nSPS) is 13.1. The molecule has 0 aliphatic carbocycles. The molecular weight excluding hydrogens is 539 g/mol. The molecule has 4 heterocycles. The van der Waals surface area contributed by atoms with Crippen LogP contribution in [0, 0.1) is 5.82 Å². The highest BCUT2D eigenvalue weighted by Gasteiger charge is 2.31. The minimum atomic E-state index is -0.550. The van der Waals surface area contributed by atoms with Crippen molar-refractivity contribution in [2.45, 2.75) is 6.10 Å². The van der Waals surface area contributed by atoms with Crippen molar-refractivity contribution in [3.05, 3.63) is 73.0 Å². The highest BCUT2D eigenvalue weighted by Crippen LogP contribution is 2.37. The number of hydrogen-bond donors (Lipinski definition) is 1. The Hall–Kier alpha value is -5.04. The van der Waals surface area contributed by atoms with Crippen molar-refractivity contribution < 1.29 is 27.9 Å². The van der Waals surface area contributed by atoms with Crippen molar-refractivity contribution in [1.29, 1.82) is 0 Å². The quantitative estimate of drug-likeness (QED) is 0.241. The molecule has 40 heavy (non-hydrogen) atoms. The number of carbonyl (C=O) groups excluding carboxylic acids is 1. The lowest BCUT2D eigenvalue weighted by Gasteiger charge is -2.38. The van der Waals surface area contributed by atoms with Crippen molar-refractivity contribution >= 4 is 39.7 Å². The first-order valence-electron chi connectivity index (χ1n) is 12.0. The first kappa shape index (κ1) is 25.2. The van der Waals surface area contributed by atoms with Gasteiger partial charge in [-0.3, -0.25) is 4.79 Å². The predicted octanol–water partition coefficient (Wildman–Crippen LogP) is 5.20. The van der Waals surface area contributed by atoms with Crippen LogP contribution in [0.3, 0.4) is 0 Å². The van der Waals surface area contributed by atoms with E-state index >= 15 is 4.39 Å². The third kappa shape index (κ3) is 5.01. The van der Waals surface area contributed by atoms with E-state index in [1.807, 2.05) is 0 Å². The smallest absolute Gasteiger partial charge is 0.279 e. The molecule has 202 valence electrons. The Morgan fingerprint density at radius 3 is 2.88 bits per heavy atom. The Labute approximate surface area is 230 Å². The van der Waals surface area contributed by atoms with Gasteiger partial charge in [0.2, 0.25) is 5.91 Å². The van der Waals surface area contributed by atoms with Crippen LogP contribution in [0.2, 0.25) is 0 Å². The lowest BCUT2D eigenvalue weighted by atomic mass is 10.1. The first-order valence-corrected chi connectivity index (χ1v) is 12.9. The number of thiazole rings is 1. The second kappa shape index (κ2) is 10.6. The van der Waals surface area contributed by atoms with Crippen LogP contribution in [-0.4, -0.2) is 57.2 Å². The molecule has 11 nitrogen and oxygen atoms in total. The van der Waals surface area contributed by atoms with Crippen molar-refractivity contribution in [2.75, 3.05) is 25.5 Å². The molecule has 1 aliphatic heterocycles. The van der Waals surface area contributed by atoms with Gasteiger partial charge in [0.1, 0.15) is 36.1 Å². The number of anilines is 2. The highest BCUT2D eigenvalue weighted by molar-refractivity contribution is 7.11. The minimum absolute atomic E-state index is 0.146. The molecule has 6 rings (SSSR count). The van der Waals surface area contributed by atoms with Crippen LogP contribution < -0.4 is 19.5 Å². The summed E-state index contributed by atoms with van der Waals surface area (Å²) in [6.07, 6.45) is 5.48. The van der Waals surface area contributed by atoms with E-state index in [1.54, 1.807) is 40.7 Å². The number of halogens is 1. The summed E-state index contributed by atoms with van der Waals surface area (Å²) in [5, 5.41) is 9.44. The van der Waals surface area contributed by atoms with Gasteiger partial charge in [-0.1, -0.05) is 23.1 Å². The van der Waals surface area contributed by atoms with E-state index in [9.17, 15) is 4.79 Å². The van der Waals surface area contributed by atoms with E-state index in [0.29, 0.717) is 52.2 Å². The number of fused-ring (bicyclic) bond motifs is 1. The fourth-order valence-corrected chi connectivity index (χ4v) is 4.77. The third-order valence-corrected chi connectivity index (χ3v) is 6.88. The topological polar surface area (TPSA) is 125 Å². The van der Waals surface area contributed by atoms with Crippen LogP contribution >= 0.6 is 11.3 Å². The number of nitrogens with one attached hydrogen (secondary N) is 1. The average Bonchev–Trinajstić information content (AvgIpc) is 3.64. The van der Waals surface area contributed by atoms with Crippen LogP contribution in [0.5, 0.6) is 22.4 Å². The fourth-order valence-electron chi connectivity index (χ4n) is 4.07. The van der Waals surface area contributed by atoms with E-state index in [0.717, 1.165) is 5.56 Å². The number of ether oxygens (including phenoxy) is 3. The zero-order valence-corrected chi connectivity index (χ0v) is 21.9. The van der Waals surface area contributed by atoms with Gasteiger partial charge >= 0.3 is 0 Å². The third-order valence-electron chi connectivity index (χ3n) is 6.16. The number of nitrogens with zero attached hydrogens (tertiary/aromatic N) is 5. The molecule has 0 saturated carbocycles. The number of carbonyl (C=O) groups is 1. The molecule has 1 aliphatic rings. The van der Waals surface area contributed by atoms with Crippen LogP contribution in [0.15, 0.2) is 71.7 Å². The van der Waals surface area contributed by atoms with Gasteiger partial charge in [-0.05, 0) is 24.3 Å². The van der Waals surface area contributed by atoms with E-state index in [4.69, 9.17) is 18.7 Å². The number of benzene rings is 2. The van der Waals surface area contributed by atoms with Gasteiger partial charge in [0.05, 0.1) is 48.9 Å². The van der Waals surface area contributed by atoms with Gasteiger partial charge < -0.3 is 29.0 Å². The van der Waals surface area contributed by atoms with E-state index in [1.165, 1.54) is 43.2 Å². The Kier molecular flexibility index (Phi) is 6.70. The minimum Gasteiger partial charge on any atom is -0.493 e. The fraction of sp³-hybridized carbons (Fsp3) is 0.148. The van der Waals surface area contributed by atoms with Crippen LogP contribution in [0.4, 0.5) is 15.9 Å². The average molecular weight is 561 g/mol. The highest BCUT2D eigenvalue weighted by atomic mass is 32.1. The molecular formula is C27H21FN6O5S. The summed E-state index contributed by atoms with van der Waals surface area (Å²) in [6.45, 7) is 4.37. The second-order valence-corrected chi connectivity index (χ2v) is 9.53. The van der Waals surface area contributed by atoms with Gasteiger partial charge in [-0.15, -0.1) is 0 Å². The number of rotatable bonds is 9. The molecule has 13 heteroatoms. The van der Waals surface area contributed by atoms with Crippen molar-refractivity contribution in [3.63, 3.8) is 0 Å². The Bertz CT molecular complexity index is 1700. The maximum absolute atomic E-state index is 15.1. The number of likely N-dealkylation sites (tertiary alicyclic amines) is 1. The lowest BCUT2D eigenvalue weighted by Crippen LogP contribution is -2.55. The van der Waals surface area contributed by atoms with Crippen molar-refractivity contribution in [3.8, 4) is 33.7 Å². The number of methoxy groups -OCH3 is 1. The summed E-state index contributed by atoms with van der Waals surface area (Å²) < 4.78 is 37.3. The predicted molar refractivity (Wildman–Crippen MR) is 145 cm³/mol. The van der Waals surface area contributed by atoms with Gasteiger partial charge in [0.15, 0.2) is 11.5 Å². The summed E-state index contributed by atoms with van der Waals surface area (Å²) in [4.78, 5) is 26.4. The molecule has 0 radical (unpaired) electrons. The Morgan fingerprint density at radius 2 is 2.12 bits per heavy atom. The molecule has 1 fully saturated rings. The molecule has 1 N–H and O–H groups in total. The first-order chi connectivity index (χ1) is 19.5. The van der Waals surface area contributed by atoms with Crippen LogP contribution in [0.25, 0.3) is 22.2 Å². The van der Waals surface area contributed by atoms with E-state index < -0.39 is 5.82 Å². The Morgan fingerprint density at radius 1 is 1.25 bits per heavy atom.